The number of hydrogen-bond acceptors (Lipinski definition) is 2. The monoisotopic (exact) mass is 212 g/mol. The molecule has 0 atom stereocenters. The molecule has 1 rings (SSSR count). The molecule has 0 aliphatic rings. The first-order chi connectivity index (χ1) is 6.55. The highest BCUT2D eigenvalue weighted by molar-refractivity contribution is 7.90. The average Bonchev–Trinajstić information content (AvgIpc) is 2.14. The second kappa shape index (κ2) is 4.26. The van der Waals surface area contributed by atoms with Crippen molar-refractivity contribution in [2.45, 2.75) is 0 Å². The topological polar surface area (TPSA) is 63.4 Å². The first kappa shape index (κ1) is 10.7. The van der Waals surface area contributed by atoms with Crippen LogP contribution in [0.15, 0.2) is 43.0 Å². The van der Waals surface area contributed by atoms with Crippen molar-refractivity contribution in [3.8, 4) is 0 Å². The van der Waals surface area contributed by atoms with Gasteiger partial charge in [0.2, 0.25) is 0 Å². The molecule has 0 saturated carbocycles. The van der Waals surface area contributed by atoms with E-state index in [-0.39, 0.29) is 6.54 Å². The number of para-hydroxylation sites is 1. The van der Waals surface area contributed by atoms with Gasteiger partial charge in [0, 0.05) is 0 Å². The van der Waals surface area contributed by atoms with Gasteiger partial charge in [-0.2, -0.15) is 8.42 Å². The van der Waals surface area contributed by atoms with Gasteiger partial charge in [-0.05, 0) is 12.1 Å². The summed E-state index contributed by atoms with van der Waals surface area (Å²) in [7, 11) is -3.72. The molecule has 0 amide bonds. The van der Waals surface area contributed by atoms with E-state index in [0.717, 1.165) is 4.31 Å². The summed E-state index contributed by atoms with van der Waals surface area (Å²) in [6.45, 7) is 3.65. The van der Waals surface area contributed by atoms with E-state index in [4.69, 9.17) is 5.14 Å². The maximum atomic E-state index is 11.2. The fraction of sp³-hybridized carbons (Fsp3) is 0.111. The van der Waals surface area contributed by atoms with Crippen LogP contribution in [-0.2, 0) is 10.2 Å². The van der Waals surface area contributed by atoms with Crippen LogP contribution in [0.2, 0.25) is 0 Å². The molecule has 14 heavy (non-hydrogen) atoms. The standard InChI is InChI=1S/C9H12N2O2S/c1-2-8-11(14(10,12)13)9-6-4-3-5-7-9/h2-7H,1,8H2,(H2,10,12,13). The van der Waals surface area contributed by atoms with Gasteiger partial charge in [0.05, 0.1) is 12.2 Å². The molecule has 0 spiro atoms. The van der Waals surface area contributed by atoms with Crippen molar-refractivity contribution in [3.63, 3.8) is 0 Å². The second-order valence-electron chi connectivity index (χ2n) is 2.70. The Bertz CT molecular complexity index is 400. The number of rotatable bonds is 4. The second-order valence-corrected chi connectivity index (χ2v) is 4.17. The largest absolute Gasteiger partial charge is 0.299 e. The Kier molecular flexibility index (Phi) is 3.27. The minimum atomic E-state index is -3.72. The van der Waals surface area contributed by atoms with Gasteiger partial charge in [-0.3, -0.25) is 4.31 Å². The molecule has 0 saturated heterocycles. The molecule has 5 heteroatoms. The van der Waals surface area contributed by atoms with E-state index >= 15 is 0 Å². The molecule has 0 aliphatic heterocycles. The number of benzene rings is 1. The van der Waals surface area contributed by atoms with Crippen LogP contribution in [0.25, 0.3) is 0 Å². The van der Waals surface area contributed by atoms with Crippen LogP contribution < -0.4 is 9.44 Å². The molecular weight excluding hydrogens is 200 g/mol. The van der Waals surface area contributed by atoms with E-state index in [9.17, 15) is 8.42 Å². The summed E-state index contributed by atoms with van der Waals surface area (Å²) in [5.74, 6) is 0. The molecule has 0 heterocycles. The summed E-state index contributed by atoms with van der Waals surface area (Å²) in [4.78, 5) is 0. The van der Waals surface area contributed by atoms with Crippen LogP contribution in [0.3, 0.4) is 0 Å². The van der Waals surface area contributed by atoms with Crippen molar-refractivity contribution < 1.29 is 8.42 Å². The zero-order chi connectivity index (χ0) is 10.6. The van der Waals surface area contributed by atoms with Gasteiger partial charge in [-0.15, -0.1) is 6.58 Å². The van der Waals surface area contributed by atoms with Crippen LogP contribution in [0, 0.1) is 0 Å². The Morgan fingerprint density at radius 2 is 1.93 bits per heavy atom. The maximum absolute atomic E-state index is 11.2. The van der Waals surface area contributed by atoms with Gasteiger partial charge >= 0.3 is 0 Å². The normalized spacial score (nSPS) is 10.9. The molecule has 0 aliphatic carbocycles. The van der Waals surface area contributed by atoms with E-state index < -0.39 is 10.2 Å². The van der Waals surface area contributed by atoms with Crippen molar-refractivity contribution in [1.82, 2.24) is 0 Å². The van der Waals surface area contributed by atoms with E-state index in [2.05, 4.69) is 6.58 Å². The van der Waals surface area contributed by atoms with Crippen LogP contribution in [-0.4, -0.2) is 15.0 Å². The molecule has 0 unspecified atom stereocenters. The van der Waals surface area contributed by atoms with E-state index in [0.29, 0.717) is 5.69 Å². The Hall–Kier alpha value is -1.33. The lowest BCUT2D eigenvalue weighted by atomic mass is 10.3. The SMILES string of the molecule is C=CCN(c1ccccc1)S(N)(=O)=O. The molecule has 4 nitrogen and oxygen atoms in total. The molecule has 0 bridgehead atoms. The molecule has 0 radical (unpaired) electrons. The molecule has 0 aromatic heterocycles. The summed E-state index contributed by atoms with van der Waals surface area (Å²) in [5, 5.41) is 5.05. The molecule has 76 valence electrons. The molecule has 2 N–H and O–H groups in total. The summed E-state index contributed by atoms with van der Waals surface area (Å²) < 4.78 is 23.4. The lowest BCUT2D eigenvalue weighted by molar-refractivity contribution is 0.594. The Morgan fingerprint density at radius 3 is 2.36 bits per heavy atom. The third kappa shape index (κ3) is 2.58. The van der Waals surface area contributed by atoms with E-state index in [1.165, 1.54) is 6.08 Å². The Labute approximate surface area is 83.8 Å². The quantitative estimate of drug-likeness (QED) is 0.753. The Balaban J connectivity index is 3.07. The van der Waals surface area contributed by atoms with Crippen molar-refractivity contribution in [1.29, 1.82) is 0 Å². The van der Waals surface area contributed by atoms with Gasteiger partial charge in [-0.1, -0.05) is 24.3 Å². The maximum Gasteiger partial charge on any atom is 0.299 e. The lowest BCUT2D eigenvalue weighted by Crippen LogP contribution is -2.36. The van der Waals surface area contributed by atoms with Crippen LogP contribution in [0.1, 0.15) is 0 Å². The van der Waals surface area contributed by atoms with Crippen molar-refractivity contribution in [2.75, 3.05) is 10.8 Å². The summed E-state index contributed by atoms with van der Waals surface area (Å²) >= 11 is 0. The van der Waals surface area contributed by atoms with Gasteiger partial charge in [0.1, 0.15) is 0 Å². The van der Waals surface area contributed by atoms with E-state index in [1.807, 2.05) is 0 Å². The highest BCUT2D eigenvalue weighted by Gasteiger charge is 2.15. The van der Waals surface area contributed by atoms with E-state index in [1.54, 1.807) is 30.3 Å². The molecule has 1 aromatic carbocycles. The summed E-state index contributed by atoms with van der Waals surface area (Å²) in [6, 6.07) is 8.65. The Morgan fingerprint density at radius 1 is 1.36 bits per heavy atom. The minimum Gasteiger partial charge on any atom is -0.254 e. The number of anilines is 1. The van der Waals surface area contributed by atoms with Crippen LogP contribution in [0.4, 0.5) is 5.69 Å². The number of nitrogens with zero attached hydrogens (tertiary/aromatic N) is 1. The number of nitrogens with two attached hydrogens (primary N) is 1. The minimum absolute atomic E-state index is 0.169. The third-order valence-corrected chi connectivity index (χ3v) is 2.62. The predicted molar refractivity (Wildman–Crippen MR) is 57.1 cm³/mol. The first-order valence-electron chi connectivity index (χ1n) is 4.02. The highest BCUT2D eigenvalue weighted by Crippen LogP contribution is 2.14. The van der Waals surface area contributed by atoms with Crippen LogP contribution in [0.5, 0.6) is 0 Å². The van der Waals surface area contributed by atoms with Gasteiger partial charge in [0.25, 0.3) is 10.2 Å². The summed E-state index contributed by atoms with van der Waals surface area (Å²) in [5.41, 5.74) is 0.537. The van der Waals surface area contributed by atoms with Crippen molar-refractivity contribution >= 4 is 15.9 Å². The highest BCUT2D eigenvalue weighted by atomic mass is 32.2. The predicted octanol–water partition coefficient (Wildman–Crippen LogP) is 0.883. The zero-order valence-electron chi connectivity index (χ0n) is 7.63. The summed E-state index contributed by atoms with van der Waals surface area (Å²) in [6.07, 6.45) is 1.48. The lowest BCUT2D eigenvalue weighted by Gasteiger charge is -2.19. The first-order valence-corrected chi connectivity index (χ1v) is 5.52. The molecule has 1 aromatic rings. The molecule has 0 fully saturated rings. The van der Waals surface area contributed by atoms with Gasteiger partial charge in [-0.25, -0.2) is 5.14 Å². The fourth-order valence-electron chi connectivity index (χ4n) is 1.07. The third-order valence-electron chi connectivity index (χ3n) is 1.65. The van der Waals surface area contributed by atoms with Crippen molar-refractivity contribution in [3.05, 3.63) is 43.0 Å². The smallest absolute Gasteiger partial charge is 0.254 e. The average molecular weight is 212 g/mol. The van der Waals surface area contributed by atoms with Crippen LogP contribution >= 0.6 is 0 Å². The van der Waals surface area contributed by atoms with Gasteiger partial charge in [0.15, 0.2) is 0 Å². The fourth-order valence-corrected chi connectivity index (χ4v) is 1.80. The van der Waals surface area contributed by atoms with Crippen molar-refractivity contribution in [2.24, 2.45) is 5.14 Å². The zero-order valence-corrected chi connectivity index (χ0v) is 8.44. The number of hydrogen-bond donors (Lipinski definition) is 1. The molecular formula is C9H12N2O2S. The van der Waals surface area contributed by atoms with Gasteiger partial charge < -0.3 is 0 Å².